The second-order valence-electron chi connectivity index (χ2n) is 7.66. The molecule has 1 aromatic carbocycles. The number of aliphatic hydroxyl groups excluding tert-OH is 1. The first-order chi connectivity index (χ1) is 8.85. The summed E-state index contributed by atoms with van der Waals surface area (Å²) >= 11 is 0. The van der Waals surface area contributed by atoms with Crippen LogP contribution in [0.5, 0.6) is 0 Å². The Morgan fingerprint density at radius 1 is 1.11 bits per heavy atom. The predicted octanol–water partition coefficient (Wildman–Crippen LogP) is 4.67. The molecule has 2 aliphatic carbocycles. The molecule has 2 aliphatic rings. The molecule has 0 bridgehead atoms. The Kier molecular flexibility index (Phi) is 2.83. The van der Waals surface area contributed by atoms with Gasteiger partial charge in [0, 0.05) is 5.92 Å². The standard InChI is InChI=1S/C18H26O/c1-17(2)16(18(17,3)4)15(19)14-10-6-9-13(11-14)12-7-5-8-12/h6,9-12,15-16,19H,5,7-8H2,1-4H3. The maximum Gasteiger partial charge on any atom is 0.0828 e. The van der Waals surface area contributed by atoms with E-state index < -0.39 is 0 Å². The minimum atomic E-state index is -0.315. The average Bonchev–Trinajstić information content (AvgIpc) is 2.66. The lowest BCUT2D eigenvalue weighted by molar-refractivity contribution is 0.130. The van der Waals surface area contributed by atoms with Crippen molar-refractivity contribution in [2.75, 3.05) is 0 Å². The van der Waals surface area contributed by atoms with Gasteiger partial charge in [-0.15, -0.1) is 0 Å². The van der Waals surface area contributed by atoms with Crippen LogP contribution in [-0.2, 0) is 0 Å². The summed E-state index contributed by atoms with van der Waals surface area (Å²) in [5.74, 6) is 1.11. The Bertz CT molecular complexity index is 468. The molecule has 2 saturated carbocycles. The highest BCUT2D eigenvalue weighted by atomic mass is 16.3. The van der Waals surface area contributed by atoms with Gasteiger partial charge in [0.2, 0.25) is 0 Å². The van der Waals surface area contributed by atoms with Crippen LogP contribution in [0.4, 0.5) is 0 Å². The van der Waals surface area contributed by atoms with Crippen LogP contribution in [0.25, 0.3) is 0 Å². The zero-order valence-electron chi connectivity index (χ0n) is 12.6. The molecule has 1 heteroatoms. The van der Waals surface area contributed by atoms with Gasteiger partial charge in [0.25, 0.3) is 0 Å². The molecule has 0 aromatic heterocycles. The highest BCUT2D eigenvalue weighted by molar-refractivity contribution is 5.32. The van der Waals surface area contributed by atoms with Crippen LogP contribution in [-0.4, -0.2) is 5.11 Å². The number of aliphatic hydroxyl groups is 1. The lowest BCUT2D eigenvalue weighted by Gasteiger charge is -2.26. The summed E-state index contributed by atoms with van der Waals surface area (Å²) in [5.41, 5.74) is 3.02. The molecule has 1 unspecified atom stereocenters. The van der Waals surface area contributed by atoms with Gasteiger partial charge in [-0.05, 0) is 40.7 Å². The van der Waals surface area contributed by atoms with Crippen molar-refractivity contribution in [2.45, 2.75) is 59.0 Å². The SMILES string of the molecule is CC1(C)C(C(O)c2cccc(C3CCC3)c2)C1(C)C. The van der Waals surface area contributed by atoms with Crippen molar-refractivity contribution in [3.63, 3.8) is 0 Å². The van der Waals surface area contributed by atoms with E-state index in [2.05, 4.69) is 52.0 Å². The van der Waals surface area contributed by atoms with Gasteiger partial charge in [-0.2, -0.15) is 0 Å². The Balaban J connectivity index is 1.83. The average molecular weight is 258 g/mol. The lowest BCUT2D eigenvalue weighted by atomic mass is 9.79. The van der Waals surface area contributed by atoms with Gasteiger partial charge in [-0.1, -0.05) is 58.4 Å². The molecular formula is C18H26O. The second kappa shape index (κ2) is 4.09. The van der Waals surface area contributed by atoms with Crippen LogP contribution >= 0.6 is 0 Å². The van der Waals surface area contributed by atoms with Gasteiger partial charge < -0.3 is 5.11 Å². The molecule has 19 heavy (non-hydrogen) atoms. The fraction of sp³-hybridized carbons (Fsp3) is 0.667. The van der Waals surface area contributed by atoms with Gasteiger partial charge in [-0.25, -0.2) is 0 Å². The minimum Gasteiger partial charge on any atom is -0.388 e. The van der Waals surface area contributed by atoms with E-state index in [1.54, 1.807) is 0 Å². The van der Waals surface area contributed by atoms with Crippen molar-refractivity contribution < 1.29 is 5.11 Å². The van der Waals surface area contributed by atoms with Crippen molar-refractivity contribution >= 4 is 0 Å². The molecule has 1 aromatic rings. The first-order valence-corrected chi connectivity index (χ1v) is 7.63. The predicted molar refractivity (Wildman–Crippen MR) is 79.0 cm³/mol. The van der Waals surface area contributed by atoms with Crippen LogP contribution < -0.4 is 0 Å². The highest BCUT2D eigenvalue weighted by Gasteiger charge is 2.67. The summed E-state index contributed by atoms with van der Waals surface area (Å²) in [7, 11) is 0. The summed E-state index contributed by atoms with van der Waals surface area (Å²) < 4.78 is 0. The van der Waals surface area contributed by atoms with Crippen molar-refractivity contribution in [3.8, 4) is 0 Å². The summed E-state index contributed by atoms with van der Waals surface area (Å²) in [6, 6.07) is 8.69. The molecule has 0 saturated heterocycles. The number of benzene rings is 1. The topological polar surface area (TPSA) is 20.2 Å². The zero-order valence-corrected chi connectivity index (χ0v) is 12.6. The first kappa shape index (κ1) is 13.2. The number of hydrogen-bond donors (Lipinski definition) is 1. The van der Waals surface area contributed by atoms with Gasteiger partial charge in [0.05, 0.1) is 6.10 Å². The maximum absolute atomic E-state index is 10.7. The molecule has 0 radical (unpaired) electrons. The van der Waals surface area contributed by atoms with Crippen molar-refractivity contribution in [2.24, 2.45) is 16.7 Å². The minimum absolute atomic E-state index is 0.235. The van der Waals surface area contributed by atoms with Gasteiger partial charge >= 0.3 is 0 Å². The molecular weight excluding hydrogens is 232 g/mol. The number of rotatable bonds is 3. The Labute approximate surface area is 117 Å². The first-order valence-electron chi connectivity index (χ1n) is 7.63. The highest BCUT2D eigenvalue weighted by Crippen LogP contribution is 2.72. The Morgan fingerprint density at radius 3 is 2.21 bits per heavy atom. The van der Waals surface area contributed by atoms with E-state index in [1.165, 1.54) is 24.8 Å². The van der Waals surface area contributed by atoms with E-state index in [9.17, 15) is 5.11 Å². The van der Waals surface area contributed by atoms with Gasteiger partial charge in [-0.3, -0.25) is 0 Å². The largest absolute Gasteiger partial charge is 0.388 e. The number of hydrogen-bond acceptors (Lipinski definition) is 1. The van der Waals surface area contributed by atoms with E-state index in [0.717, 1.165) is 11.5 Å². The van der Waals surface area contributed by atoms with E-state index in [1.807, 2.05) is 0 Å². The van der Waals surface area contributed by atoms with Crippen molar-refractivity contribution in [1.29, 1.82) is 0 Å². The van der Waals surface area contributed by atoms with E-state index in [-0.39, 0.29) is 16.9 Å². The third-order valence-electron chi connectivity index (χ3n) is 6.28. The van der Waals surface area contributed by atoms with Crippen molar-refractivity contribution in [3.05, 3.63) is 35.4 Å². The Hall–Kier alpha value is -0.820. The Morgan fingerprint density at radius 2 is 1.74 bits per heavy atom. The van der Waals surface area contributed by atoms with Crippen LogP contribution in [0.3, 0.4) is 0 Å². The zero-order chi connectivity index (χ0) is 13.8. The molecule has 2 fully saturated rings. The molecule has 0 amide bonds. The summed E-state index contributed by atoms with van der Waals surface area (Å²) in [4.78, 5) is 0. The fourth-order valence-corrected chi connectivity index (χ4v) is 3.97. The van der Waals surface area contributed by atoms with E-state index in [4.69, 9.17) is 0 Å². The van der Waals surface area contributed by atoms with Gasteiger partial charge in [0.1, 0.15) is 0 Å². The van der Waals surface area contributed by atoms with E-state index in [0.29, 0.717) is 5.92 Å². The van der Waals surface area contributed by atoms with Crippen LogP contribution in [0.2, 0.25) is 0 Å². The monoisotopic (exact) mass is 258 g/mol. The normalized spacial score (nSPS) is 26.8. The van der Waals surface area contributed by atoms with Crippen molar-refractivity contribution in [1.82, 2.24) is 0 Å². The van der Waals surface area contributed by atoms with E-state index >= 15 is 0 Å². The molecule has 0 spiro atoms. The third-order valence-corrected chi connectivity index (χ3v) is 6.28. The molecule has 104 valence electrons. The molecule has 1 N–H and O–H groups in total. The summed E-state index contributed by atoms with van der Waals surface area (Å²) in [5, 5.41) is 10.7. The van der Waals surface area contributed by atoms with Crippen LogP contribution in [0.1, 0.15) is 70.1 Å². The molecule has 1 nitrogen and oxygen atoms in total. The molecule has 0 heterocycles. The fourth-order valence-electron chi connectivity index (χ4n) is 3.97. The molecule has 1 atom stereocenters. The van der Waals surface area contributed by atoms with Crippen LogP contribution in [0.15, 0.2) is 24.3 Å². The third kappa shape index (κ3) is 1.86. The maximum atomic E-state index is 10.7. The summed E-state index contributed by atoms with van der Waals surface area (Å²) in [6.45, 7) is 9.10. The van der Waals surface area contributed by atoms with Gasteiger partial charge in [0.15, 0.2) is 0 Å². The lowest BCUT2D eigenvalue weighted by Crippen LogP contribution is -2.11. The molecule has 0 aliphatic heterocycles. The van der Waals surface area contributed by atoms with Crippen LogP contribution in [0, 0.1) is 16.7 Å². The molecule has 3 rings (SSSR count). The quantitative estimate of drug-likeness (QED) is 0.835. The summed E-state index contributed by atoms with van der Waals surface area (Å²) in [6.07, 6.45) is 3.69. The second-order valence-corrected chi connectivity index (χ2v) is 7.66. The smallest absolute Gasteiger partial charge is 0.0828 e.